The Morgan fingerprint density at radius 1 is 1.07 bits per heavy atom. The Balaban J connectivity index is 1.41. The molecule has 2 aliphatic heterocycles. The summed E-state index contributed by atoms with van der Waals surface area (Å²) in [6, 6.07) is 12.0. The number of aromatic nitrogens is 1. The van der Waals surface area contributed by atoms with Gasteiger partial charge in [-0.25, -0.2) is 0 Å². The SMILES string of the molecule is O=C(c1ccccc1N1CCCC1)N1CCCC(OCc2cccnc2)C1. The van der Waals surface area contributed by atoms with E-state index in [2.05, 4.69) is 16.0 Å². The molecule has 2 aliphatic rings. The molecule has 3 heterocycles. The summed E-state index contributed by atoms with van der Waals surface area (Å²) < 4.78 is 6.07. The van der Waals surface area contributed by atoms with Crippen LogP contribution in [0.2, 0.25) is 0 Å². The highest BCUT2D eigenvalue weighted by atomic mass is 16.5. The van der Waals surface area contributed by atoms with Crippen molar-refractivity contribution in [1.29, 1.82) is 0 Å². The number of para-hydroxylation sites is 1. The maximum atomic E-state index is 13.2. The Labute approximate surface area is 161 Å². The van der Waals surface area contributed by atoms with E-state index in [1.165, 1.54) is 12.8 Å². The van der Waals surface area contributed by atoms with Crippen molar-refractivity contribution in [3.63, 3.8) is 0 Å². The molecule has 1 unspecified atom stereocenters. The van der Waals surface area contributed by atoms with E-state index >= 15 is 0 Å². The van der Waals surface area contributed by atoms with Gasteiger partial charge in [0, 0.05) is 44.3 Å². The van der Waals surface area contributed by atoms with Crippen molar-refractivity contribution in [1.82, 2.24) is 9.88 Å². The number of anilines is 1. The van der Waals surface area contributed by atoms with Gasteiger partial charge < -0.3 is 14.5 Å². The lowest BCUT2D eigenvalue weighted by Gasteiger charge is -2.33. The molecule has 5 nitrogen and oxygen atoms in total. The van der Waals surface area contributed by atoms with E-state index in [4.69, 9.17) is 4.74 Å². The Bertz CT molecular complexity index is 759. The van der Waals surface area contributed by atoms with Crippen molar-refractivity contribution >= 4 is 11.6 Å². The van der Waals surface area contributed by atoms with Crippen LogP contribution in [0.1, 0.15) is 41.6 Å². The first kappa shape index (κ1) is 18.0. The Kier molecular flexibility index (Phi) is 5.68. The molecule has 0 bridgehead atoms. The number of likely N-dealkylation sites (tertiary alicyclic amines) is 1. The van der Waals surface area contributed by atoms with Crippen LogP contribution in [0.25, 0.3) is 0 Å². The van der Waals surface area contributed by atoms with Gasteiger partial charge in [-0.05, 0) is 49.4 Å². The third kappa shape index (κ3) is 4.30. The van der Waals surface area contributed by atoms with Gasteiger partial charge in [-0.3, -0.25) is 9.78 Å². The van der Waals surface area contributed by atoms with Crippen LogP contribution < -0.4 is 4.90 Å². The second kappa shape index (κ2) is 8.53. The lowest BCUT2D eigenvalue weighted by atomic mass is 10.1. The molecule has 2 fully saturated rings. The van der Waals surface area contributed by atoms with Crippen LogP contribution in [0.4, 0.5) is 5.69 Å². The van der Waals surface area contributed by atoms with Gasteiger partial charge in [0.1, 0.15) is 0 Å². The van der Waals surface area contributed by atoms with Crippen molar-refractivity contribution < 1.29 is 9.53 Å². The summed E-state index contributed by atoms with van der Waals surface area (Å²) in [6.07, 6.45) is 8.07. The third-order valence-corrected chi connectivity index (χ3v) is 5.46. The topological polar surface area (TPSA) is 45.7 Å². The van der Waals surface area contributed by atoms with E-state index in [1.807, 2.05) is 41.4 Å². The minimum absolute atomic E-state index is 0.0851. The largest absolute Gasteiger partial charge is 0.372 e. The maximum Gasteiger partial charge on any atom is 0.256 e. The number of carbonyl (C=O) groups excluding carboxylic acids is 1. The van der Waals surface area contributed by atoms with Crippen LogP contribution in [0.3, 0.4) is 0 Å². The Morgan fingerprint density at radius 2 is 1.93 bits per heavy atom. The number of benzene rings is 1. The number of piperidine rings is 1. The molecule has 27 heavy (non-hydrogen) atoms. The van der Waals surface area contributed by atoms with E-state index in [9.17, 15) is 4.79 Å². The lowest BCUT2D eigenvalue weighted by Crippen LogP contribution is -2.43. The number of hydrogen-bond acceptors (Lipinski definition) is 4. The summed E-state index contributed by atoms with van der Waals surface area (Å²) in [5.41, 5.74) is 2.98. The van der Waals surface area contributed by atoms with E-state index in [1.54, 1.807) is 6.20 Å². The van der Waals surface area contributed by atoms with Crippen LogP contribution >= 0.6 is 0 Å². The highest BCUT2D eigenvalue weighted by Crippen LogP contribution is 2.27. The molecule has 1 atom stereocenters. The first-order valence-electron chi connectivity index (χ1n) is 9.95. The standard InChI is InChI=1S/C22H27N3O2/c26-22(20-9-1-2-10-21(20)24-12-3-4-13-24)25-14-6-8-19(16-25)27-17-18-7-5-11-23-15-18/h1-2,5,7,9-11,15,19H,3-4,6,8,12-14,16-17H2. The second-order valence-corrected chi connectivity index (χ2v) is 7.40. The zero-order valence-corrected chi connectivity index (χ0v) is 15.7. The molecule has 1 aromatic carbocycles. The van der Waals surface area contributed by atoms with Gasteiger partial charge in [0.25, 0.3) is 5.91 Å². The molecule has 142 valence electrons. The molecule has 5 heteroatoms. The predicted molar refractivity (Wildman–Crippen MR) is 106 cm³/mol. The first-order valence-corrected chi connectivity index (χ1v) is 9.95. The summed E-state index contributed by atoms with van der Waals surface area (Å²) in [7, 11) is 0. The van der Waals surface area contributed by atoms with Crippen molar-refractivity contribution in [2.45, 2.75) is 38.4 Å². The number of rotatable bonds is 5. The average molecular weight is 365 g/mol. The number of pyridine rings is 1. The predicted octanol–water partition coefficient (Wildman–Crippen LogP) is 3.50. The number of carbonyl (C=O) groups is 1. The van der Waals surface area contributed by atoms with Gasteiger partial charge in [-0.1, -0.05) is 18.2 Å². The molecule has 2 aromatic rings. The number of amides is 1. The van der Waals surface area contributed by atoms with Crippen LogP contribution in [0, 0.1) is 0 Å². The molecule has 1 aromatic heterocycles. The van der Waals surface area contributed by atoms with E-state index in [0.717, 1.165) is 49.3 Å². The first-order chi connectivity index (χ1) is 13.3. The Hall–Kier alpha value is -2.40. The van der Waals surface area contributed by atoms with Gasteiger partial charge in [0.15, 0.2) is 0 Å². The second-order valence-electron chi connectivity index (χ2n) is 7.40. The van der Waals surface area contributed by atoms with Crippen molar-refractivity contribution in [3.8, 4) is 0 Å². The number of ether oxygens (including phenoxy) is 1. The monoisotopic (exact) mass is 365 g/mol. The van der Waals surface area contributed by atoms with Gasteiger partial charge >= 0.3 is 0 Å². The maximum absolute atomic E-state index is 13.2. The molecule has 0 radical (unpaired) electrons. The van der Waals surface area contributed by atoms with Gasteiger partial charge in [-0.2, -0.15) is 0 Å². The van der Waals surface area contributed by atoms with E-state index in [-0.39, 0.29) is 12.0 Å². The molecule has 0 N–H and O–H groups in total. The fourth-order valence-corrected chi connectivity index (χ4v) is 4.01. The zero-order chi connectivity index (χ0) is 18.5. The summed E-state index contributed by atoms with van der Waals surface area (Å²) >= 11 is 0. The highest BCUT2D eigenvalue weighted by molar-refractivity contribution is 6.00. The lowest BCUT2D eigenvalue weighted by molar-refractivity contribution is -0.00679. The van der Waals surface area contributed by atoms with Gasteiger partial charge in [0.2, 0.25) is 0 Å². The van der Waals surface area contributed by atoms with E-state index < -0.39 is 0 Å². The van der Waals surface area contributed by atoms with Crippen LogP contribution in [-0.2, 0) is 11.3 Å². The molecule has 1 amide bonds. The molecule has 4 rings (SSSR count). The van der Waals surface area contributed by atoms with Crippen LogP contribution in [0.15, 0.2) is 48.8 Å². The number of hydrogen-bond donors (Lipinski definition) is 0. The van der Waals surface area contributed by atoms with E-state index in [0.29, 0.717) is 13.2 Å². The Morgan fingerprint density at radius 3 is 2.74 bits per heavy atom. The average Bonchev–Trinajstić information content (AvgIpc) is 3.27. The minimum Gasteiger partial charge on any atom is -0.372 e. The molecule has 0 saturated carbocycles. The molecule has 2 saturated heterocycles. The van der Waals surface area contributed by atoms with Gasteiger partial charge in [0.05, 0.1) is 18.3 Å². The van der Waals surface area contributed by atoms with Crippen molar-refractivity contribution in [2.75, 3.05) is 31.1 Å². The highest BCUT2D eigenvalue weighted by Gasteiger charge is 2.27. The fourth-order valence-electron chi connectivity index (χ4n) is 4.01. The van der Waals surface area contributed by atoms with Crippen LogP contribution in [0.5, 0.6) is 0 Å². The van der Waals surface area contributed by atoms with Crippen molar-refractivity contribution in [3.05, 3.63) is 59.9 Å². The summed E-state index contributed by atoms with van der Waals surface area (Å²) in [4.78, 5) is 21.7. The zero-order valence-electron chi connectivity index (χ0n) is 15.7. The smallest absolute Gasteiger partial charge is 0.256 e. The molecular formula is C22H27N3O2. The normalized spacial score (nSPS) is 20.1. The molecular weight excluding hydrogens is 338 g/mol. The summed E-state index contributed by atoms with van der Waals surface area (Å²) in [5.74, 6) is 0.132. The summed E-state index contributed by atoms with van der Waals surface area (Å²) in [5, 5.41) is 0. The van der Waals surface area contributed by atoms with Crippen molar-refractivity contribution in [2.24, 2.45) is 0 Å². The number of nitrogens with zero attached hydrogens (tertiary/aromatic N) is 3. The molecule has 0 spiro atoms. The quantitative estimate of drug-likeness (QED) is 0.814. The van der Waals surface area contributed by atoms with Crippen LogP contribution in [-0.4, -0.2) is 48.1 Å². The fraction of sp³-hybridized carbons (Fsp3) is 0.455. The minimum atomic E-state index is 0.0851. The van der Waals surface area contributed by atoms with Gasteiger partial charge in [-0.15, -0.1) is 0 Å². The third-order valence-electron chi connectivity index (χ3n) is 5.46. The summed E-state index contributed by atoms with van der Waals surface area (Å²) in [6.45, 7) is 4.10. The molecule has 0 aliphatic carbocycles.